The summed E-state index contributed by atoms with van der Waals surface area (Å²) in [5, 5.41) is 9.76. The lowest BCUT2D eigenvalue weighted by Crippen LogP contribution is -2.02. The third-order valence-corrected chi connectivity index (χ3v) is 3.28. The summed E-state index contributed by atoms with van der Waals surface area (Å²) in [5.74, 6) is 2.22. The minimum absolute atomic E-state index is 0.153. The molecule has 0 atom stereocenters. The zero-order valence-corrected chi connectivity index (χ0v) is 10.6. The minimum Gasteiger partial charge on any atom is -0.392 e. The smallest absolute Gasteiger partial charge is 0.135 e. The number of terminal acetylenes is 1. The van der Waals surface area contributed by atoms with Crippen molar-refractivity contribution in [1.29, 1.82) is 0 Å². The number of halogens is 1. The number of nitrogens with zero attached hydrogens (tertiary/aromatic N) is 1. The van der Waals surface area contributed by atoms with Gasteiger partial charge in [-0.15, -0.1) is 6.42 Å². The molecule has 0 aliphatic carbocycles. The molecule has 2 aromatic rings. The van der Waals surface area contributed by atoms with Crippen molar-refractivity contribution in [3.8, 4) is 12.3 Å². The molecule has 2 rings (SSSR count). The second kappa shape index (κ2) is 4.40. The third kappa shape index (κ3) is 1.66. The zero-order chi connectivity index (χ0) is 13.4. The van der Waals surface area contributed by atoms with Gasteiger partial charge in [0.25, 0.3) is 0 Å². The first kappa shape index (κ1) is 12.5. The molecule has 0 radical (unpaired) electrons. The van der Waals surface area contributed by atoms with E-state index in [-0.39, 0.29) is 12.4 Å². The number of fused-ring (bicyclic) bond motifs is 1. The number of aromatic nitrogens is 1. The number of rotatable bonds is 1. The Balaban J connectivity index is 3.06. The summed E-state index contributed by atoms with van der Waals surface area (Å²) in [7, 11) is 0. The molecular weight excluding hydrogens is 229 g/mol. The Hall–Kier alpha value is -1.92. The SMILES string of the molecule is C#Cc1cc(C)c(F)c2c(C)c(CO)c(C)nc12. The van der Waals surface area contributed by atoms with Gasteiger partial charge in [0.2, 0.25) is 0 Å². The zero-order valence-electron chi connectivity index (χ0n) is 10.6. The van der Waals surface area contributed by atoms with E-state index >= 15 is 0 Å². The summed E-state index contributed by atoms with van der Waals surface area (Å²) >= 11 is 0. The van der Waals surface area contributed by atoms with Gasteiger partial charge >= 0.3 is 0 Å². The largest absolute Gasteiger partial charge is 0.392 e. The Morgan fingerprint density at radius 2 is 2.06 bits per heavy atom. The fraction of sp³-hybridized carbons (Fsp3) is 0.267. The highest BCUT2D eigenvalue weighted by atomic mass is 19.1. The lowest BCUT2D eigenvalue weighted by molar-refractivity contribution is 0.280. The van der Waals surface area contributed by atoms with Crippen LogP contribution < -0.4 is 0 Å². The number of pyridine rings is 1. The molecule has 0 saturated carbocycles. The van der Waals surface area contributed by atoms with E-state index < -0.39 is 0 Å². The standard InChI is InChI=1S/C15H14FNO/c1-5-11-6-8(2)14(16)13-9(3)12(7-18)10(4)17-15(11)13/h1,6,18H,7H2,2-4H3. The number of aliphatic hydroxyl groups is 1. The number of aryl methyl sites for hydroxylation is 3. The topological polar surface area (TPSA) is 33.1 Å². The summed E-state index contributed by atoms with van der Waals surface area (Å²) in [5.41, 5.74) is 3.62. The number of aliphatic hydroxyl groups excluding tert-OH is 1. The van der Waals surface area contributed by atoms with Gasteiger partial charge in [0, 0.05) is 16.6 Å². The molecular formula is C15H14FNO. The van der Waals surface area contributed by atoms with Crippen LogP contribution in [-0.2, 0) is 6.61 Å². The van der Waals surface area contributed by atoms with Crippen molar-refractivity contribution >= 4 is 10.9 Å². The highest BCUT2D eigenvalue weighted by molar-refractivity contribution is 5.89. The third-order valence-electron chi connectivity index (χ3n) is 3.28. The van der Waals surface area contributed by atoms with E-state index in [0.29, 0.717) is 38.9 Å². The molecule has 18 heavy (non-hydrogen) atoms. The van der Waals surface area contributed by atoms with Crippen LogP contribution in [0.15, 0.2) is 6.07 Å². The first-order chi connectivity index (χ1) is 8.51. The molecule has 0 aliphatic heterocycles. The van der Waals surface area contributed by atoms with Crippen LogP contribution in [0, 0.1) is 38.9 Å². The average Bonchev–Trinajstić information content (AvgIpc) is 2.33. The van der Waals surface area contributed by atoms with E-state index in [1.54, 1.807) is 26.8 Å². The molecule has 3 heteroatoms. The highest BCUT2D eigenvalue weighted by Crippen LogP contribution is 2.29. The van der Waals surface area contributed by atoms with Crippen molar-refractivity contribution in [2.24, 2.45) is 0 Å². The molecule has 0 aliphatic rings. The van der Waals surface area contributed by atoms with Crippen molar-refractivity contribution in [3.05, 3.63) is 39.8 Å². The van der Waals surface area contributed by atoms with Crippen molar-refractivity contribution in [2.45, 2.75) is 27.4 Å². The molecule has 0 amide bonds. The van der Waals surface area contributed by atoms with Crippen LogP contribution in [0.5, 0.6) is 0 Å². The molecule has 1 heterocycles. The molecule has 0 fully saturated rings. The van der Waals surface area contributed by atoms with Gasteiger partial charge in [-0.1, -0.05) is 5.92 Å². The predicted octanol–water partition coefficient (Wildman–Crippen LogP) is 2.77. The molecule has 0 spiro atoms. The van der Waals surface area contributed by atoms with Gasteiger partial charge in [-0.3, -0.25) is 4.98 Å². The first-order valence-corrected chi connectivity index (χ1v) is 5.67. The lowest BCUT2D eigenvalue weighted by atomic mass is 9.97. The normalized spacial score (nSPS) is 10.7. The van der Waals surface area contributed by atoms with E-state index in [0.717, 1.165) is 0 Å². The lowest BCUT2D eigenvalue weighted by Gasteiger charge is -2.13. The van der Waals surface area contributed by atoms with Crippen LogP contribution in [0.2, 0.25) is 0 Å². The Morgan fingerprint density at radius 3 is 2.61 bits per heavy atom. The van der Waals surface area contributed by atoms with Crippen LogP contribution in [-0.4, -0.2) is 10.1 Å². The van der Waals surface area contributed by atoms with E-state index in [4.69, 9.17) is 6.42 Å². The predicted molar refractivity (Wildman–Crippen MR) is 69.8 cm³/mol. The molecule has 1 aromatic heterocycles. The number of hydrogen-bond donors (Lipinski definition) is 1. The molecule has 92 valence electrons. The maximum Gasteiger partial charge on any atom is 0.135 e. The molecule has 0 saturated heterocycles. The van der Waals surface area contributed by atoms with E-state index in [1.807, 2.05) is 0 Å². The van der Waals surface area contributed by atoms with E-state index in [9.17, 15) is 9.50 Å². The van der Waals surface area contributed by atoms with Crippen molar-refractivity contribution in [2.75, 3.05) is 0 Å². The molecule has 0 unspecified atom stereocenters. The van der Waals surface area contributed by atoms with Crippen molar-refractivity contribution in [1.82, 2.24) is 4.98 Å². The van der Waals surface area contributed by atoms with E-state index in [1.165, 1.54) is 0 Å². The van der Waals surface area contributed by atoms with Gasteiger partial charge in [-0.2, -0.15) is 0 Å². The Labute approximate surface area is 105 Å². The van der Waals surface area contributed by atoms with Gasteiger partial charge in [0.15, 0.2) is 0 Å². The van der Waals surface area contributed by atoms with Crippen LogP contribution in [0.25, 0.3) is 10.9 Å². The van der Waals surface area contributed by atoms with Crippen molar-refractivity contribution in [3.63, 3.8) is 0 Å². The van der Waals surface area contributed by atoms with Gasteiger partial charge < -0.3 is 5.11 Å². The quantitative estimate of drug-likeness (QED) is 0.781. The van der Waals surface area contributed by atoms with Gasteiger partial charge in [0.1, 0.15) is 5.82 Å². The fourth-order valence-corrected chi connectivity index (χ4v) is 2.24. The minimum atomic E-state index is -0.316. The Morgan fingerprint density at radius 1 is 1.39 bits per heavy atom. The van der Waals surface area contributed by atoms with Gasteiger partial charge in [0.05, 0.1) is 17.7 Å². The molecule has 0 bridgehead atoms. The summed E-state index contributed by atoms with van der Waals surface area (Å²) < 4.78 is 14.2. The van der Waals surface area contributed by atoms with Crippen LogP contribution in [0.3, 0.4) is 0 Å². The maximum atomic E-state index is 14.2. The fourth-order valence-electron chi connectivity index (χ4n) is 2.24. The molecule has 2 nitrogen and oxygen atoms in total. The second-order valence-electron chi connectivity index (χ2n) is 4.38. The summed E-state index contributed by atoms with van der Waals surface area (Å²) in [6.45, 7) is 5.09. The van der Waals surface area contributed by atoms with Crippen LogP contribution in [0.1, 0.15) is 27.9 Å². The van der Waals surface area contributed by atoms with Crippen LogP contribution >= 0.6 is 0 Å². The maximum absolute atomic E-state index is 14.2. The number of hydrogen-bond acceptors (Lipinski definition) is 2. The summed E-state index contributed by atoms with van der Waals surface area (Å²) in [6.07, 6.45) is 5.44. The Kier molecular flexibility index (Phi) is 3.06. The average molecular weight is 243 g/mol. The molecule has 1 N–H and O–H groups in total. The van der Waals surface area contributed by atoms with Gasteiger partial charge in [-0.05, 0) is 38.0 Å². The Bertz CT molecular complexity index is 683. The summed E-state index contributed by atoms with van der Waals surface area (Å²) in [6, 6.07) is 1.63. The van der Waals surface area contributed by atoms with Crippen molar-refractivity contribution < 1.29 is 9.50 Å². The first-order valence-electron chi connectivity index (χ1n) is 5.67. The van der Waals surface area contributed by atoms with E-state index in [2.05, 4.69) is 10.9 Å². The monoisotopic (exact) mass is 243 g/mol. The number of benzene rings is 1. The van der Waals surface area contributed by atoms with Gasteiger partial charge in [-0.25, -0.2) is 4.39 Å². The molecule has 1 aromatic carbocycles. The highest BCUT2D eigenvalue weighted by Gasteiger charge is 2.16. The second-order valence-corrected chi connectivity index (χ2v) is 4.38. The van der Waals surface area contributed by atoms with Crippen LogP contribution in [0.4, 0.5) is 4.39 Å². The summed E-state index contributed by atoms with van der Waals surface area (Å²) in [4.78, 5) is 4.34.